The van der Waals surface area contributed by atoms with Gasteiger partial charge in [-0.25, -0.2) is 9.37 Å². The van der Waals surface area contributed by atoms with Crippen LogP contribution in [0.5, 0.6) is 5.75 Å². The van der Waals surface area contributed by atoms with Crippen LogP contribution in [0.25, 0.3) is 0 Å². The predicted molar refractivity (Wildman–Crippen MR) is 65.0 cm³/mol. The highest BCUT2D eigenvalue weighted by atomic mass is 35.5. The molecule has 1 heterocycles. The summed E-state index contributed by atoms with van der Waals surface area (Å²) in [7, 11) is 0. The fraction of sp³-hybridized carbons (Fsp3) is 0.0833. The Kier molecular flexibility index (Phi) is 3.82. The van der Waals surface area contributed by atoms with Crippen LogP contribution in [0.2, 0.25) is 10.2 Å². The van der Waals surface area contributed by atoms with Gasteiger partial charge in [0.1, 0.15) is 23.3 Å². The van der Waals surface area contributed by atoms with Crippen molar-refractivity contribution < 1.29 is 9.13 Å². The first-order valence-electron chi connectivity index (χ1n) is 4.83. The second kappa shape index (κ2) is 5.34. The van der Waals surface area contributed by atoms with E-state index in [0.29, 0.717) is 17.5 Å². The third-order valence-electron chi connectivity index (χ3n) is 2.09. The van der Waals surface area contributed by atoms with E-state index in [1.807, 2.05) is 0 Å². The van der Waals surface area contributed by atoms with E-state index in [0.717, 1.165) is 5.56 Å². The summed E-state index contributed by atoms with van der Waals surface area (Å²) in [6.45, 7) is 0.295. The molecule has 2 aromatic rings. The van der Waals surface area contributed by atoms with Gasteiger partial charge >= 0.3 is 0 Å². The van der Waals surface area contributed by atoms with Crippen molar-refractivity contribution in [1.29, 1.82) is 0 Å². The number of nitrogens with zero attached hydrogens (tertiary/aromatic N) is 1. The van der Waals surface area contributed by atoms with E-state index >= 15 is 0 Å². The van der Waals surface area contributed by atoms with E-state index in [-0.39, 0.29) is 5.02 Å². The Morgan fingerprint density at radius 2 is 2.00 bits per heavy atom. The van der Waals surface area contributed by atoms with Crippen LogP contribution < -0.4 is 4.74 Å². The molecule has 2 rings (SSSR count). The third kappa shape index (κ3) is 3.32. The smallest absolute Gasteiger partial charge is 0.141 e. The highest BCUT2D eigenvalue weighted by molar-refractivity contribution is 6.30. The molecular formula is C12H8Cl2FNO. The molecule has 1 aromatic heterocycles. The van der Waals surface area contributed by atoms with Crippen molar-refractivity contribution in [2.45, 2.75) is 6.61 Å². The van der Waals surface area contributed by atoms with Gasteiger partial charge in [0.2, 0.25) is 0 Å². The van der Waals surface area contributed by atoms with Crippen molar-refractivity contribution in [2.75, 3.05) is 0 Å². The average molecular weight is 272 g/mol. The number of halogens is 3. The van der Waals surface area contributed by atoms with Crippen LogP contribution in [0, 0.1) is 5.82 Å². The number of aromatic nitrogens is 1. The molecule has 88 valence electrons. The van der Waals surface area contributed by atoms with Gasteiger partial charge in [0.25, 0.3) is 0 Å². The van der Waals surface area contributed by atoms with Crippen LogP contribution in [0.15, 0.2) is 36.5 Å². The first kappa shape index (κ1) is 12.1. The molecule has 0 unspecified atom stereocenters. The summed E-state index contributed by atoms with van der Waals surface area (Å²) in [4.78, 5) is 3.88. The number of hydrogen-bond acceptors (Lipinski definition) is 2. The Labute approximate surface area is 108 Å². The normalized spacial score (nSPS) is 10.3. The Balaban J connectivity index is 2.02. The van der Waals surface area contributed by atoms with Gasteiger partial charge in [0.15, 0.2) is 0 Å². The molecule has 0 saturated carbocycles. The van der Waals surface area contributed by atoms with E-state index < -0.39 is 5.82 Å². The zero-order valence-electron chi connectivity index (χ0n) is 8.66. The lowest BCUT2D eigenvalue weighted by Gasteiger charge is -2.06. The van der Waals surface area contributed by atoms with Crippen LogP contribution in [0.1, 0.15) is 5.56 Å². The highest BCUT2D eigenvalue weighted by Crippen LogP contribution is 2.18. The van der Waals surface area contributed by atoms with Gasteiger partial charge in [-0.3, -0.25) is 0 Å². The van der Waals surface area contributed by atoms with Gasteiger partial charge in [-0.15, -0.1) is 0 Å². The van der Waals surface area contributed by atoms with E-state index in [2.05, 4.69) is 4.98 Å². The molecule has 0 bridgehead atoms. The van der Waals surface area contributed by atoms with Gasteiger partial charge in [-0.1, -0.05) is 29.3 Å². The summed E-state index contributed by atoms with van der Waals surface area (Å²) >= 11 is 11.3. The maximum absolute atomic E-state index is 12.9. The Bertz CT molecular complexity index is 516. The number of benzene rings is 1. The van der Waals surface area contributed by atoms with Gasteiger partial charge in [-0.05, 0) is 29.8 Å². The molecule has 0 radical (unpaired) electrons. The van der Waals surface area contributed by atoms with E-state index in [1.54, 1.807) is 18.2 Å². The largest absolute Gasteiger partial charge is 0.487 e. The lowest BCUT2D eigenvalue weighted by molar-refractivity contribution is 0.305. The van der Waals surface area contributed by atoms with Crippen molar-refractivity contribution in [3.8, 4) is 5.75 Å². The van der Waals surface area contributed by atoms with E-state index in [4.69, 9.17) is 27.9 Å². The maximum atomic E-state index is 12.9. The highest BCUT2D eigenvalue weighted by Gasteiger charge is 2.02. The minimum atomic E-state index is -0.441. The Morgan fingerprint density at radius 3 is 2.65 bits per heavy atom. The van der Waals surface area contributed by atoms with Crippen LogP contribution in [-0.2, 0) is 6.61 Å². The summed E-state index contributed by atoms with van der Waals surface area (Å²) in [5.41, 5.74) is 0.784. The number of pyridine rings is 1. The van der Waals surface area contributed by atoms with Gasteiger partial charge in [0.05, 0.1) is 11.2 Å². The molecule has 0 spiro atoms. The predicted octanol–water partition coefficient (Wildman–Crippen LogP) is 4.11. The minimum Gasteiger partial charge on any atom is -0.487 e. The Morgan fingerprint density at radius 1 is 1.18 bits per heavy atom. The molecule has 0 N–H and O–H groups in total. The standard InChI is InChI=1S/C12H8Cl2FNO/c13-10-5-8(1-3-11(10)15)7-17-9-2-4-12(14)16-6-9/h1-6H,7H2. The quantitative estimate of drug-likeness (QED) is 0.784. The zero-order chi connectivity index (χ0) is 12.3. The SMILES string of the molecule is Fc1ccc(COc2ccc(Cl)nc2)cc1Cl. The fourth-order valence-corrected chi connectivity index (χ4v) is 1.56. The summed E-state index contributed by atoms with van der Waals surface area (Å²) < 4.78 is 18.3. The van der Waals surface area contributed by atoms with E-state index in [9.17, 15) is 4.39 Å². The molecule has 1 aromatic carbocycles. The molecule has 0 aliphatic carbocycles. The number of hydrogen-bond donors (Lipinski definition) is 0. The van der Waals surface area contributed by atoms with Crippen molar-refractivity contribution in [2.24, 2.45) is 0 Å². The first-order chi connectivity index (χ1) is 8.15. The first-order valence-corrected chi connectivity index (χ1v) is 5.59. The van der Waals surface area contributed by atoms with Crippen LogP contribution in [-0.4, -0.2) is 4.98 Å². The van der Waals surface area contributed by atoms with Crippen LogP contribution in [0.4, 0.5) is 4.39 Å². The molecule has 2 nitrogen and oxygen atoms in total. The molecular weight excluding hydrogens is 264 g/mol. The molecule has 0 aliphatic rings. The maximum Gasteiger partial charge on any atom is 0.141 e. The summed E-state index contributed by atoms with van der Waals surface area (Å²) in [6, 6.07) is 7.79. The molecule has 17 heavy (non-hydrogen) atoms. The monoisotopic (exact) mass is 271 g/mol. The minimum absolute atomic E-state index is 0.0836. The third-order valence-corrected chi connectivity index (χ3v) is 2.60. The topological polar surface area (TPSA) is 22.1 Å². The van der Waals surface area contributed by atoms with Gasteiger partial charge in [0, 0.05) is 0 Å². The molecule has 0 fully saturated rings. The summed E-state index contributed by atoms with van der Waals surface area (Å²) in [5, 5.41) is 0.488. The van der Waals surface area contributed by atoms with Crippen LogP contribution in [0.3, 0.4) is 0 Å². The molecule has 0 amide bonds. The molecule has 0 saturated heterocycles. The van der Waals surface area contributed by atoms with Gasteiger partial charge in [-0.2, -0.15) is 0 Å². The van der Waals surface area contributed by atoms with Crippen molar-refractivity contribution in [1.82, 2.24) is 4.98 Å². The van der Waals surface area contributed by atoms with Crippen molar-refractivity contribution in [3.05, 3.63) is 58.1 Å². The second-order valence-electron chi connectivity index (χ2n) is 3.35. The lowest BCUT2D eigenvalue weighted by Crippen LogP contribution is -1.96. The van der Waals surface area contributed by atoms with E-state index in [1.165, 1.54) is 18.3 Å². The fourth-order valence-electron chi connectivity index (χ4n) is 1.24. The van der Waals surface area contributed by atoms with Crippen molar-refractivity contribution in [3.63, 3.8) is 0 Å². The van der Waals surface area contributed by atoms with Gasteiger partial charge < -0.3 is 4.74 Å². The van der Waals surface area contributed by atoms with Crippen LogP contribution >= 0.6 is 23.2 Å². The molecule has 0 aliphatic heterocycles. The zero-order valence-corrected chi connectivity index (χ0v) is 10.2. The van der Waals surface area contributed by atoms with Crippen molar-refractivity contribution >= 4 is 23.2 Å². The number of rotatable bonds is 3. The molecule has 0 atom stereocenters. The molecule has 5 heteroatoms. The average Bonchev–Trinajstić information content (AvgIpc) is 2.33. The number of ether oxygens (including phenoxy) is 1. The Hall–Kier alpha value is -1.32. The summed E-state index contributed by atoms with van der Waals surface area (Å²) in [5.74, 6) is 0.151. The lowest BCUT2D eigenvalue weighted by atomic mass is 10.2. The second-order valence-corrected chi connectivity index (χ2v) is 4.15. The summed E-state index contributed by atoms with van der Waals surface area (Å²) in [6.07, 6.45) is 1.52.